The van der Waals surface area contributed by atoms with E-state index < -0.39 is 11.9 Å². The van der Waals surface area contributed by atoms with Gasteiger partial charge in [-0.05, 0) is 55.0 Å². The molecule has 0 saturated heterocycles. The molecule has 3 aromatic rings. The molecule has 5 N–H and O–H groups in total. The number of aromatic nitrogens is 2. The second kappa shape index (κ2) is 12.7. The van der Waals surface area contributed by atoms with Gasteiger partial charge in [-0.25, -0.2) is 14.8 Å². The van der Waals surface area contributed by atoms with Gasteiger partial charge >= 0.3 is 5.97 Å². The summed E-state index contributed by atoms with van der Waals surface area (Å²) in [6.07, 6.45) is 5.42. The van der Waals surface area contributed by atoms with Crippen molar-refractivity contribution >= 4 is 35.1 Å². The van der Waals surface area contributed by atoms with Crippen molar-refractivity contribution in [1.82, 2.24) is 15.3 Å². The van der Waals surface area contributed by atoms with Crippen molar-refractivity contribution in [3.8, 4) is 0 Å². The summed E-state index contributed by atoms with van der Waals surface area (Å²) in [5, 5.41) is 9.44. The van der Waals surface area contributed by atoms with Crippen LogP contribution in [0.2, 0.25) is 0 Å². The van der Waals surface area contributed by atoms with Crippen molar-refractivity contribution in [3.63, 3.8) is 0 Å². The lowest BCUT2D eigenvalue weighted by atomic mass is 9.81. The van der Waals surface area contributed by atoms with Crippen molar-refractivity contribution in [2.24, 2.45) is 11.7 Å². The second-order valence-corrected chi connectivity index (χ2v) is 9.44. The van der Waals surface area contributed by atoms with Gasteiger partial charge in [0.15, 0.2) is 11.5 Å². The van der Waals surface area contributed by atoms with Crippen molar-refractivity contribution in [3.05, 3.63) is 90.3 Å². The highest BCUT2D eigenvalue weighted by molar-refractivity contribution is 5.97. The summed E-state index contributed by atoms with van der Waals surface area (Å²) in [4.78, 5) is 45.3. The molecule has 0 aliphatic heterocycles. The maximum absolute atomic E-state index is 12.6. The van der Waals surface area contributed by atoms with E-state index in [1.807, 2.05) is 30.3 Å². The predicted molar refractivity (Wildman–Crippen MR) is 148 cm³/mol. The highest BCUT2D eigenvalue weighted by Gasteiger charge is 2.31. The molecule has 2 amide bonds. The first-order chi connectivity index (χ1) is 18.8. The van der Waals surface area contributed by atoms with E-state index >= 15 is 0 Å². The number of hydrogen-bond acceptors (Lipinski definition) is 8. The molecular weight excluding hydrogens is 496 g/mol. The Morgan fingerprint density at radius 2 is 1.87 bits per heavy atom. The number of nitrogens with two attached hydrogens (primary N) is 1. The molecule has 2 aromatic carbocycles. The Labute approximate surface area is 227 Å². The molecule has 10 heteroatoms. The average molecular weight is 529 g/mol. The maximum atomic E-state index is 12.6. The van der Waals surface area contributed by atoms with E-state index in [0.717, 1.165) is 24.8 Å². The summed E-state index contributed by atoms with van der Waals surface area (Å²) in [5.74, 6) is -0.696. The van der Waals surface area contributed by atoms with Gasteiger partial charge in [-0.1, -0.05) is 49.9 Å². The van der Waals surface area contributed by atoms with E-state index in [9.17, 15) is 14.4 Å². The zero-order valence-electron chi connectivity index (χ0n) is 21.7. The third kappa shape index (κ3) is 7.19. The molecule has 1 aliphatic carbocycles. The molecule has 3 atom stereocenters. The number of hydrogen-bond donors (Lipinski definition) is 4. The molecule has 0 bridgehead atoms. The molecule has 0 radical (unpaired) electrons. The Balaban J connectivity index is 1.48. The van der Waals surface area contributed by atoms with Crippen LogP contribution in [0, 0.1) is 5.92 Å². The normalized spacial score (nSPS) is 18.4. The first-order valence-corrected chi connectivity index (χ1v) is 12.8. The van der Waals surface area contributed by atoms with Crippen molar-refractivity contribution in [2.45, 2.75) is 44.9 Å². The minimum Gasteiger partial charge on any atom is -0.457 e. The van der Waals surface area contributed by atoms with Crippen LogP contribution in [0.15, 0.2) is 73.4 Å². The summed E-state index contributed by atoms with van der Waals surface area (Å²) in [6.45, 7) is 5.74. The Morgan fingerprint density at radius 3 is 2.62 bits per heavy atom. The Hall–Kier alpha value is -4.73. The Bertz CT molecular complexity index is 1350. The third-order valence-corrected chi connectivity index (χ3v) is 6.73. The number of ether oxygens (including phenoxy) is 1. The number of benzene rings is 2. The van der Waals surface area contributed by atoms with Gasteiger partial charge in [0.05, 0.1) is 11.8 Å². The monoisotopic (exact) mass is 528 g/mol. The van der Waals surface area contributed by atoms with Gasteiger partial charge in [0, 0.05) is 17.8 Å². The van der Waals surface area contributed by atoms with Crippen LogP contribution in [0.3, 0.4) is 0 Å². The lowest BCUT2D eigenvalue weighted by Gasteiger charge is -2.37. The van der Waals surface area contributed by atoms with E-state index in [2.05, 4.69) is 39.4 Å². The van der Waals surface area contributed by atoms with Gasteiger partial charge in [0.25, 0.3) is 5.91 Å². The summed E-state index contributed by atoms with van der Waals surface area (Å²) in [7, 11) is 0. The van der Waals surface area contributed by atoms with E-state index in [4.69, 9.17) is 10.5 Å². The minimum absolute atomic E-state index is 0.00147. The van der Waals surface area contributed by atoms with Crippen LogP contribution in [0.5, 0.6) is 0 Å². The number of anilines is 3. The standard InChI is InChI=1S/C29H32N6O4/c1-3-25(36)34-23-14-8-13-22(18(23)2)33-24-16-31-26(27(30)37)28(35-24)32-21-12-7-11-20(15-21)29(38)39-17-19-9-5-4-6-10-19/h3-7,9-12,15-16,18,22-23H,1,8,13-14,17H2,2H3,(H2,30,37)(H,34,36)(H2,32,33,35)/t18-,22-,23?/m1/s1. The molecule has 0 spiro atoms. The number of primary amides is 1. The SMILES string of the molecule is C=CC(=O)NC1CCC[C@@H](Nc2cnc(C(N)=O)c(Nc3cccc(C(=O)OCc4ccccc4)c3)n2)[C@H]1C. The molecule has 39 heavy (non-hydrogen) atoms. The van der Waals surface area contributed by atoms with Gasteiger partial charge < -0.3 is 26.4 Å². The van der Waals surface area contributed by atoms with Gasteiger partial charge in [0.1, 0.15) is 12.4 Å². The zero-order valence-corrected chi connectivity index (χ0v) is 21.7. The number of nitrogens with one attached hydrogen (secondary N) is 3. The number of nitrogens with zero attached hydrogens (tertiary/aromatic N) is 2. The van der Waals surface area contributed by atoms with E-state index in [1.165, 1.54) is 12.3 Å². The van der Waals surface area contributed by atoms with Crippen LogP contribution < -0.4 is 21.7 Å². The smallest absolute Gasteiger partial charge is 0.338 e. The van der Waals surface area contributed by atoms with Crippen LogP contribution >= 0.6 is 0 Å². The molecule has 1 fully saturated rings. The van der Waals surface area contributed by atoms with Gasteiger partial charge in [-0.2, -0.15) is 0 Å². The predicted octanol–water partition coefficient (Wildman–Crippen LogP) is 3.95. The molecule has 1 aromatic heterocycles. The fourth-order valence-corrected chi connectivity index (χ4v) is 4.60. The summed E-state index contributed by atoms with van der Waals surface area (Å²) >= 11 is 0. The summed E-state index contributed by atoms with van der Waals surface area (Å²) in [6, 6.07) is 16.1. The highest BCUT2D eigenvalue weighted by atomic mass is 16.5. The number of carbonyl (C=O) groups is 3. The van der Waals surface area contributed by atoms with E-state index in [0.29, 0.717) is 17.1 Å². The Morgan fingerprint density at radius 1 is 1.10 bits per heavy atom. The fraction of sp³-hybridized carbons (Fsp3) is 0.276. The van der Waals surface area contributed by atoms with Crippen LogP contribution in [-0.2, 0) is 16.1 Å². The molecule has 10 nitrogen and oxygen atoms in total. The van der Waals surface area contributed by atoms with Gasteiger partial charge in [-0.3, -0.25) is 9.59 Å². The maximum Gasteiger partial charge on any atom is 0.338 e. The lowest BCUT2D eigenvalue weighted by Crippen LogP contribution is -2.48. The number of rotatable bonds is 10. The minimum atomic E-state index is -0.742. The van der Waals surface area contributed by atoms with E-state index in [-0.39, 0.29) is 42.0 Å². The largest absolute Gasteiger partial charge is 0.457 e. The molecule has 1 heterocycles. The molecule has 1 saturated carbocycles. The van der Waals surface area contributed by atoms with E-state index in [1.54, 1.807) is 24.3 Å². The van der Waals surface area contributed by atoms with Crippen LogP contribution in [-0.4, -0.2) is 39.8 Å². The van der Waals surface area contributed by atoms with Crippen molar-refractivity contribution in [1.29, 1.82) is 0 Å². The first-order valence-electron chi connectivity index (χ1n) is 12.8. The molecular formula is C29H32N6O4. The Kier molecular flexibility index (Phi) is 8.88. The second-order valence-electron chi connectivity index (χ2n) is 9.44. The summed E-state index contributed by atoms with van der Waals surface area (Å²) < 4.78 is 5.42. The average Bonchev–Trinajstić information content (AvgIpc) is 2.94. The van der Waals surface area contributed by atoms with Gasteiger partial charge in [-0.15, -0.1) is 0 Å². The quantitative estimate of drug-likeness (QED) is 0.228. The van der Waals surface area contributed by atoms with Crippen LogP contribution in [0.4, 0.5) is 17.3 Å². The highest BCUT2D eigenvalue weighted by Crippen LogP contribution is 2.28. The molecule has 1 aliphatic rings. The van der Waals surface area contributed by atoms with Crippen molar-refractivity contribution in [2.75, 3.05) is 10.6 Å². The molecule has 1 unspecified atom stereocenters. The van der Waals surface area contributed by atoms with Crippen LogP contribution in [0.25, 0.3) is 0 Å². The number of esters is 1. The van der Waals surface area contributed by atoms with Crippen molar-refractivity contribution < 1.29 is 19.1 Å². The topological polar surface area (TPSA) is 148 Å². The van der Waals surface area contributed by atoms with Gasteiger partial charge in [0.2, 0.25) is 5.91 Å². The molecule has 202 valence electrons. The summed E-state index contributed by atoms with van der Waals surface area (Å²) in [5.41, 5.74) is 7.24. The zero-order chi connectivity index (χ0) is 27.8. The first kappa shape index (κ1) is 27.3. The molecule has 4 rings (SSSR count). The lowest BCUT2D eigenvalue weighted by molar-refractivity contribution is -0.117. The number of carbonyl (C=O) groups excluding carboxylic acids is 3. The number of amides is 2. The fourth-order valence-electron chi connectivity index (χ4n) is 4.60. The third-order valence-electron chi connectivity index (χ3n) is 6.73. The van der Waals surface area contributed by atoms with Crippen LogP contribution in [0.1, 0.15) is 52.6 Å².